The highest BCUT2D eigenvalue weighted by molar-refractivity contribution is 7.87. The number of cyclic esters (lactones) is 1. The van der Waals surface area contributed by atoms with Gasteiger partial charge in [0.2, 0.25) is 0 Å². The molecule has 8 nitrogen and oxygen atoms in total. The summed E-state index contributed by atoms with van der Waals surface area (Å²) in [5.74, 6) is -1.96. The molecule has 2 atom stereocenters. The molecule has 162 valence electrons. The monoisotopic (exact) mass is 431 g/mol. The first-order valence-corrected chi connectivity index (χ1v) is 9.67. The lowest BCUT2D eigenvalue weighted by Crippen LogP contribution is -2.61. The van der Waals surface area contributed by atoms with Crippen molar-refractivity contribution in [2.45, 2.75) is 51.9 Å². The number of esters is 1. The van der Waals surface area contributed by atoms with Crippen LogP contribution >= 0.6 is 0 Å². The predicted molar refractivity (Wildman–Crippen MR) is 91.2 cm³/mol. The molecule has 1 rings (SSSR count). The maximum Gasteiger partial charge on any atom is 0.523 e. The molecule has 0 saturated carbocycles. The minimum Gasteiger partial charge on any atom is -0.445 e. The average Bonchev–Trinajstić information content (AvgIpc) is 2.83. The van der Waals surface area contributed by atoms with Crippen LogP contribution in [0.3, 0.4) is 0 Å². The van der Waals surface area contributed by atoms with Crippen LogP contribution in [0.5, 0.6) is 0 Å². The van der Waals surface area contributed by atoms with E-state index >= 15 is 0 Å². The molecule has 0 radical (unpaired) electrons. The minimum atomic E-state index is -6.00. The summed E-state index contributed by atoms with van der Waals surface area (Å²) in [5.41, 5.74) is -8.69. The Hall–Kier alpha value is -1.82. The van der Waals surface area contributed by atoms with E-state index in [0.717, 1.165) is 4.90 Å². The zero-order valence-corrected chi connectivity index (χ0v) is 17.0. The SMILES string of the molecule is C=CCOC(=O)N1[C@@H](C(C)(C)C)OC(=O)[C@@]1(COS(=O)(=O)C(F)(F)F)C(C)C. The summed E-state index contributed by atoms with van der Waals surface area (Å²) >= 11 is 0. The van der Waals surface area contributed by atoms with E-state index in [1.807, 2.05) is 0 Å². The third kappa shape index (κ3) is 4.43. The van der Waals surface area contributed by atoms with Gasteiger partial charge in [0.15, 0.2) is 11.8 Å². The zero-order chi connectivity index (χ0) is 22.1. The van der Waals surface area contributed by atoms with Crippen molar-refractivity contribution in [3.05, 3.63) is 12.7 Å². The van der Waals surface area contributed by atoms with Gasteiger partial charge in [0.25, 0.3) is 0 Å². The number of alkyl halides is 3. The molecule has 0 aromatic rings. The third-order valence-corrected chi connectivity index (χ3v) is 5.17. The molecule has 12 heteroatoms. The Morgan fingerprint density at radius 2 is 1.89 bits per heavy atom. The van der Waals surface area contributed by atoms with E-state index < -0.39 is 57.4 Å². The van der Waals surface area contributed by atoms with Crippen LogP contribution in [-0.4, -0.2) is 55.9 Å². The molecule has 1 fully saturated rings. The van der Waals surface area contributed by atoms with Crippen LogP contribution in [-0.2, 0) is 28.6 Å². The maximum absolute atomic E-state index is 12.7. The number of ether oxygens (including phenoxy) is 2. The van der Waals surface area contributed by atoms with Crippen molar-refractivity contribution < 1.29 is 44.8 Å². The maximum atomic E-state index is 12.7. The molecule has 1 amide bonds. The Morgan fingerprint density at radius 1 is 1.36 bits per heavy atom. The normalized spacial score (nSPS) is 23.7. The molecule has 0 spiro atoms. The fourth-order valence-electron chi connectivity index (χ4n) is 2.63. The van der Waals surface area contributed by atoms with Crippen LogP contribution in [0.15, 0.2) is 12.7 Å². The van der Waals surface area contributed by atoms with Crippen molar-refractivity contribution in [1.82, 2.24) is 4.90 Å². The lowest BCUT2D eigenvalue weighted by atomic mass is 9.84. The number of amides is 1. The second-order valence-electron chi connectivity index (χ2n) is 7.60. The number of halogens is 3. The first kappa shape index (κ1) is 24.2. The molecule has 28 heavy (non-hydrogen) atoms. The fourth-order valence-corrected chi connectivity index (χ4v) is 3.10. The number of carbonyl (C=O) groups is 2. The first-order chi connectivity index (χ1) is 12.5. The van der Waals surface area contributed by atoms with Gasteiger partial charge in [-0.15, -0.1) is 0 Å². The van der Waals surface area contributed by atoms with Gasteiger partial charge in [0, 0.05) is 5.41 Å². The van der Waals surface area contributed by atoms with Gasteiger partial charge in [0.05, 0.1) is 0 Å². The van der Waals surface area contributed by atoms with E-state index in [-0.39, 0.29) is 6.61 Å². The van der Waals surface area contributed by atoms with Gasteiger partial charge in [-0.25, -0.2) is 9.59 Å². The molecular formula is C16H24F3NO7S. The third-order valence-electron chi connectivity index (χ3n) is 4.17. The van der Waals surface area contributed by atoms with Crippen LogP contribution in [0.25, 0.3) is 0 Å². The molecule has 1 aliphatic rings. The van der Waals surface area contributed by atoms with E-state index in [1.54, 1.807) is 20.8 Å². The largest absolute Gasteiger partial charge is 0.523 e. The molecule has 0 N–H and O–H groups in total. The van der Waals surface area contributed by atoms with Gasteiger partial charge in [-0.1, -0.05) is 47.3 Å². The smallest absolute Gasteiger partial charge is 0.445 e. The molecular weight excluding hydrogens is 407 g/mol. The summed E-state index contributed by atoms with van der Waals surface area (Å²) in [4.78, 5) is 26.2. The van der Waals surface area contributed by atoms with Crippen molar-refractivity contribution in [3.8, 4) is 0 Å². The lowest BCUT2D eigenvalue weighted by Gasteiger charge is -2.40. The quantitative estimate of drug-likeness (QED) is 0.276. The Labute approximate surface area is 161 Å². The Kier molecular flexibility index (Phi) is 6.83. The summed E-state index contributed by atoms with van der Waals surface area (Å²) in [6.45, 7) is 9.59. The van der Waals surface area contributed by atoms with Gasteiger partial charge >= 0.3 is 27.7 Å². The number of nitrogens with zero attached hydrogens (tertiary/aromatic N) is 1. The topological polar surface area (TPSA) is 99.2 Å². The van der Waals surface area contributed by atoms with Crippen molar-refractivity contribution in [3.63, 3.8) is 0 Å². The standard InChI is InChI=1S/C16H24F3NO7S/c1-7-8-25-13(22)20-11(14(4,5)6)27-12(21)15(20,10(2)3)9-26-28(23,24)16(17,18)19/h7,10-11H,1,8-9H2,2-6H3/t11-,15-/m1/s1. The summed E-state index contributed by atoms with van der Waals surface area (Å²) in [6.07, 6.45) is -1.05. The van der Waals surface area contributed by atoms with Crippen LogP contribution in [0.4, 0.5) is 18.0 Å². The van der Waals surface area contributed by atoms with E-state index in [2.05, 4.69) is 10.8 Å². The summed E-state index contributed by atoms with van der Waals surface area (Å²) < 4.78 is 75.1. The second-order valence-corrected chi connectivity index (χ2v) is 9.21. The van der Waals surface area contributed by atoms with E-state index in [4.69, 9.17) is 9.47 Å². The van der Waals surface area contributed by atoms with E-state index in [1.165, 1.54) is 19.9 Å². The zero-order valence-electron chi connectivity index (χ0n) is 16.2. The van der Waals surface area contributed by atoms with E-state index in [0.29, 0.717) is 0 Å². The highest BCUT2D eigenvalue weighted by Gasteiger charge is 2.64. The molecule has 0 bridgehead atoms. The van der Waals surface area contributed by atoms with Crippen molar-refractivity contribution in [2.24, 2.45) is 11.3 Å². The summed E-state index contributed by atoms with van der Waals surface area (Å²) in [6, 6.07) is 0. The molecule has 0 aromatic carbocycles. The molecule has 1 aliphatic heterocycles. The predicted octanol–water partition coefficient (Wildman–Crippen LogP) is 2.80. The van der Waals surface area contributed by atoms with Crippen LogP contribution in [0, 0.1) is 11.3 Å². The van der Waals surface area contributed by atoms with Gasteiger partial charge in [-0.05, 0) is 5.92 Å². The van der Waals surface area contributed by atoms with Crippen molar-refractivity contribution in [1.29, 1.82) is 0 Å². The molecule has 0 unspecified atom stereocenters. The van der Waals surface area contributed by atoms with Gasteiger partial charge in [-0.3, -0.25) is 9.08 Å². The van der Waals surface area contributed by atoms with Gasteiger partial charge < -0.3 is 9.47 Å². The van der Waals surface area contributed by atoms with Crippen LogP contribution in [0.1, 0.15) is 34.6 Å². The number of hydrogen-bond acceptors (Lipinski definition) is 7. The Balaban J connectivity index is 3.47. The fraction of sp³-hybridized carbons (Fsp3) is 0.750. The van der Waals surface area contributed by atoms with Crippen molar-refractivity contribution >= 4 is 22.2 Å². The van der Waals surface area contributed by atoms with Crippen LogP contribution < -0.4 is 0 Å². The summed E-state index contributed by atoms with van der Waals surface area (Å²) in [7, 11) is -6.00. The first-order valence-electron chi connectivity index (χ1n) is 8.26. The van der Waals surface area contributed by atoms with Crippen LogP contribution in [0.2, 0.25) is 0 Å². The molecule has 0 aromatic heterocycles. The Bertz CT molecular complexity index is 728. The minimum absolute atomic E-state index is 0.240. The Morgan fingerprint density at radius 3 is 2.29 bits per heavy atom. The number of hydrogen-bond donors (Lipinski definition) is 0. The highest BCUT2D eigenvalue weighted by atomic mass is 32.2. The second kappa shape index (κ2) is 7.90. The average molecular weight is 431 g/mol. The molecule has 0 aliphatic carbocycles. The van der Waals surface area contributed by atoms with Gasteiger partial charge in [0.1, 0.15) is 13.2 Å². The van der Waals surface area contributed by atoms with E-state index in [9.17, 15) is 31.2 Å². The number of carbonyl (C=O) groups excluding carboxylic acids is 2. The highest BCUT2D eigenvalue weighted by Crippen LogP contribution is 2.43. The number of rotatable bonds is 6. The van der Waals surface area contributed by atoms with Gasteiger partial charge in [-0.2, -0.15) is 21.6 Å². The summed E-state index contributed by atoms with van der Waals surface area (Å²) in [5, 5.41) is 0. The molecule has 1 saturated heterocycles. The lowest BCUT2D eigenvalue weighted by molar-refractivity contribution is -0.150. The molecule has 1 heterocycles. The van der Waals surface area contributed by atoms with Crippen molar-refractivity contribution in [2.75, 3.05) is 13.2 Å².